The Morgan fingerprint density at radius 2 is 2.26 bits per heavy atom. The number of hydrogen-bond donors (Lipinski definition) is 3. The van der Waals surface area contributed by atoms with Crippen LogP contribution >= 0.6 is 11.3 Å². The zero-order chi connectivity index (χ0) is 16.2. The van der Waals surface area contributed by atoms with E-state index in [1.54, 1.807) is 5.38 Å². The van der Waals surface area contributed by atoms with Crippen LogP contribution in [-0.4, -0.2) is 29.0 Å². The quantitative estimate of drug-likeness (QED) is 0.650. The summed E-state index contributed by atoms with van der Waals surface area (Å²) in [5.74, 6) is -0.124. The van der Waals surface area contributed by atoms with Crippen LogP contribution in [0.3, 0.4) is 0 Å². The van der Waals surface area contributed by atoms with Gasteiger partial charge in [0.15, 0.2) is 0 Å². The van der Waals surface area contributed by atoms with Crippen molar-refractivity contribution in [2.45, 2.75) is 19.8 Å². The number of carbonyl (C=O) groups is 1. The fourth-order valence-electron chi connectivity index (χ4n) is 2.70. The van der Waals surface area contributed by atoms with Crippen molar-refractivity contribution in [3.8, 4) is 0 Å². The minimum atomic E-state index is -0.124. The zero-order valence-electron chi connectivity index (χ0n) is 13.1. The number of aromatic nitrogens is 2. The Morgan fingerprint density at radius 1 is 1.39 bits per heavy atom. The summed E-state index contributed by atoms with van der Waals surface area (Å²) in [6.45, 7) is 3.24. The Morgan fingerprint density at radius 3 is 3.09 bits per heavy atom. The van der Waals surface area contributed by atoms with E-state index in [1.807, 2.05) is 12.3 Å². The van der Waals surface area contributed by atoms with E-state index < -0.39 is 0 Å². The first-order valence-electron chi connectivity index (χ1n) is 7.67. The normalized spacial score (nSPS) is 11.0. The van der Waals surface area contributed by atoms with E-state index in [0.29, 0.717) is 25.2 Å². The van der Waals surface area contributed by atoms with Gasteiger partial charge in [0.05, 0.1) is 5.01 Å². The van der Waals surface area contributed by atoms with Gasteiger partial charge in [0.25, 0.3) is 5.91 Å². The van der Waals surface area contributed by atoms with Gasteiger partial charge in [-0.3, -0.25) is 4.79 Å². The summed E-state index contributed by atoms with van der Waals surface area (Å²) in [6.07, 6.45) is 3.52. The minimum Gasteiger partial charge on any atom is -0.361 e. The Bertz CT molecular complexity index is 821. The van der Waals surface area contributed by atoms with E-state index in [1.165, 1.54) is 27.8 Å². The number of rotatable bonds is 6. The highest BCUT2D eigenvalue weighted by molar-refractivity contribution is 7.09. The Kier molecular flexibility index (Phi) is 4.73. The lowest BCUT2D eigenvalue weighted by atomic mass is 10.1. The second-order valence-electron chi connectivity index (χ2n) is 5.48. The minimum absolute atomic E-state index is 0.124. The molecule has 6 heteroatoms. The Balaban J connectivity index is 1.61. The van der Waals surface area contributed by atoms with Crippen LogP contribution in [-0.2, 0) is 12.8 Å². The molecule has 0 spiro atoms. The third-order valence-electron chi connectivity index (χ3n) is 3.82. The van der Waals surface area contributed by atoms with E-state index in [-0.39, 0.29) is 5.91 Å². The van der Waals surface area contributed by atoms with Gasteiger partial charge in [0, 0.05) is 35.4 Å². The largest absolute Gasteiger partial charge is 0.361 e. The number of nitrogens with one attached hydrogen (secondary N) is 2. The zero-order valence-corrected chi connectivity index (χ0v) is 13.9. The molecule has 0 bridgehead atoms. The highest BCUT2D eigenvalue weighted by atomic mass is 32.1. The lowest BCUT2D eigenvalue weighted by Crippen LogP contribution is -2.26. The van der Waals surface area contributed by atoms with Crippen LogP contribution < -0.4 is 11.1 Å². The van der Waals surface area contributed by atoms with E-state index in [9.17, 15) is 4.79 Å². The first-order valence-corrected chi connectivity index (χ1v) is 8.55. The molecular weight excluding hydrogens is 308 g/mol. The molecule has 0 saturated carbocycles. The van der Waals surface area contributed by atoms with Gasteiger partial charge in [-0.25, -0.2) is 4.98 Å². The van der Waals surface area contributed by atoms with E-state index in [4.69, 9.17) is 5.73 Å². The lowest BCUT2D eigenvalue weighted by Gasteiger charge is -2.04. The molecule has 23 heavy (non-hydrogen) atoms. The second-order valence-corrected chi connectivity index (χ2v) is 6.43. The number of hydrogen-bond acceptors (Lipinski definition) is 4. The summed E-state index contributed by atoms with van der Waals surface area (Å²) in [4.78, 5) is 19.7. The van der Waals surface area contributed by atoms with Crippen molar-refractivity contribution in [2.75, 3.05) is 13.1 Å². The molecule has 120 valence electrons. The van der Waals surface area contributed by atoms with Crippen molar-refractivity contribution in [3.63, 3.8) is 0 Å². The van der Waals surface area contributed by atoms with Crippen LogP contribution in [0.25, 0.3) is 10.9 Å². The summed E-state index contributed by atoms with van der Waals surface area (Å²) < 4.78 is 0. The van der Waals surface area contributed by atoms with Crippen molar-refractivity contribution >= 4 is 28.1 Å². The molecule has 0 aliphatic heterocycles. The van der Waals surface area contributed by atoms with Gasteiger partial charge in [0.2, 0.25) is 0 Å². The van der Waals surface area contributed by atoms with E-state index in [0.717, 1.165) is 16.9 Å². The highest BCUT2D eigenvalue weighted by Crippen LogP contribution is 2.22. The van der Waals surface area contributed by atoms with Crippen LogP contribution in [0.15, 0.2) is 29.8 Å². The third kappa shape index (κ3) is 3.43. The van der Waals surface area contributed by atoms with Crippen molar-refractivity contribution in [2.24, 2.45) is 5.73 Å². The first-order chi connectivity index (χ1) is 11.2. The van der Waals surface area contributed by atoms with Crippen molar-refractivity contribution in [1.82, 2.24) is 15.3 Å². The van der Waals surface area contributed by atoms with Crippen molar-refractivity contribution in [1.29, 1.82) is 0 Å². The molecule has 2 aromatic heterocycles. The summed E-state index contributed by atoms with van der Waals surface area (Å²) in [5, 5.41) is 6.88. The van der Waals surface area contributed by atoms with Gasteiger partial charge in [-0.05, 0) is 37.1 Å². The molecular formula is C17H20N4OS. The predicted octanol–water partition coefficient (Wildman–Crippen LogP) is 2.41. The average molecular weight is 328 g/mol. The van der Waals surface area contributed by atoms with E-state index in [2.05, 4.69) is 34.3 Å². The number of aromatic amines is 1. The highest BCUT2D eigenvalue weighted by Gasteiger charge is 2.11. The molecule has 0 aliphatic carbocycles. The maximum Gasteiger partial charge on any atom is 0.270 e. The number of carbonyl (C=O) groups excluding carboxylic acids is 1. The third-order valence-corrected chi connectivity index (χ3v) is 4.73. The van der Waals surface area contributed by atoms with Gasteiger partial charge in [-0.2, -0.15) is 0 Å². The van der Waals surface area contributed by atoms with Crippen LogP contribution in [0.2, 0.25) is 0 Å². The molecule has 0 aliphatic rings. The number of benzene rings is 1. The van der Waals surface area contributed by atoms with Gasteiger partial charge in [-0.1, -0.05) is 12.1 Å². The number of aryl methyl sites for hydroxylation is 1. The molecule has 2 heterocycles. The van der Waals surface area contributed by atoms with Gasteiger partial charge in [0.1, 0.15) is 5.69 Å². The van der Waals surface area contributed by atoms with Gasteiger partial charge in [-0.15, -0.1) is 11.3 Å². The fraction of sp³-hybridized carbons (Fsp3) is 0.294. The maximum absolute atomic E-state index is 12.1. The monoisotopic (exact) mass is 328 g/mol. The molecule has 0 unspecified atom stereocenters. The van der Waals surface area contributed by atoms with Gasteiger partial charge < -0.3 is 16.0 Å². The Labute approximate surface area is 138 Å². The van der Waals surface area contributed by atoms with Crippen LogP contribution in [0.1, 0.15) is 26.6 Å². The number of thiazole rings is 1. The number of nitrogens with two attached hydrogens (primary N) is 1. The molecule has 3 rings (SSSR count). The Hall–Kier alpha value is -2.18. The molecule has 1 amide bonds. The number of nitrogens with zero attached hydrogens (tertiary/aromatic N) is 1. The molecule has 5 nitrogen and oxygen atoms in total. The van der Waals surface area contributed by atoms with Crippen molar-refractivity contribution in [3.05, 3.63) is 51.6 Å². The van der Waals surface area contributed by atoms with E-state index >= 15 is 0 Å². The predicted molar refractivity (Wildman–Crippen MR) is 93.9 cm³/mol. The topological polar surface area (TPSA) is 83.8 Å². The smallest absolute Gasteiger partial charge is 0.270 e. The number of H-pyrrole nitrogens is 1. The van der Waals surface area contributed by atoms with Gasteiger partial charge >= 0.3 is 0 Å². The lowest BCUT2D eigenvalue weighted by molar-refractivity contribution is 0.0949. The van der Waals surface area contributed by atoms with Crippen molar-refractivity contribution < 1.29 is 4.79 Å². The number of fused-ring (bicyclic) bond motifs is 1. The second kappa shape index (κ2) is 6.93. The molecule has 0 fully saturated rings. The molecule has 1 aromatic carbocycles. The number of amides is 1. The molecule has 3 aromatic rings. The maximum atomic E-state index is 12.1. The molecule has 0 radical (unpaired) electrons. The summed E-state index contributed by atoms with van der Waals surface area (Å²) in [7, 11) is 0. The van der Waals surface area contributed by atoms with Crippen LogP contribution in [0, 0.1) is 6.92 Å². The first kappa shape index (κ1) is 15.7. The van der Waals surface area contributed by atoms with Crippen LogP contribution in [0.5, 0.6) is 0 Å². The average Bonchev–Trinajstić information content (AvgIpc) is 3.16. The molecule has 0 saturated heterocycles. The molecule has 0 atom stereocenters. The standard InChI is InChI=1S/C17H20N4OS/c1-11-3-2-4-13-16(11)12(9-20-13)6-8-19-17(22)14-10-23-15(21-14)5-7-18/h2-4,9-10,20H,5-8,18H2,1H3,(H,19,22). The summed E-state index contributed by atoms with van der Waals surface area (Å²) in [6, 6.07) is 6.21. The fourth-order valence-corrected chi connectivity index (χ4v) is 3.50. The molecule has 4 N–H and O–H groups in total. The SMILES string of the molecule is Cc1cccc2[nH]cc(CCNC(=O)c3csc(CCN)n3)c12. The summed E-state index contributed by atoms with van der Waals surface area (Å²) >= 11 is 1.48. The van der Waals surface area contributed by atoms with Crippen LogP contribution in [0.4, 0.5) is 0 Å². The summed E-state index contributed by atoms with van der Waals surface area (Å²) in [5.41, 5.74) is 9.59.